The van der Waals surface area contributed by atoms with Crippen LogP contribution in [0.25, 0.3) is 11.1 Å². The van der Waals surface area contributed by atoms with Gasteiger partial charge in [0, 0.05) is 26.2 Å². The van der Waals surface area contributed by atoms with Crippen LogP contribution in [0.3, 0.4) is 0 Å². The maximum atomic E-state index is 11.8. The van der Waals surface area contributed by atoms with Crippen molar-refractivity contribution in [2.24, 2.45) is 0 Å². The van der Waals surface area contributed by atoms with Gasteiger partial charge >= 0.3 is 6.03 Å². The zero-order valence-electron chi connectivity index (χ0n) is 11.8. The molecular formula is C15H18N4O2. The third kappa shape index (κ3) is 2.20. The minimum absolute atomic E-state index is 0.0550. The highest BCUT2D eigenvalue weighted by atomic mass is 16.4. The first kappa shape index (κ1) is 12.5. The number of carbonyl (C=O) groups excluding carboxylic acids is 1. The van der Waals surface area contributed by atoms with E-state index in [0.717, 1.165) is 50.1 Å². The maximum Gasteiger partial charge on any atom is 0.317 e. The van der Waals surface area contributed by atoms with Gasteiger partial charge in [-0.25, -0.2) is 4.79 Å². The number of hydrogen-bond donors (Lipinski definition) is 1. The van der Waals surface area contributed by atoms with E-state index in [4.69, 9.17) is 4.42 Å². The van der Waals surface area contributed by atoms with Gasteiger partial charge in [-0.1, -0.05) is 12.1 Å². The van der Waals surface area contributed by atoms with Crippen LogP contribution in [0.15, 0.2) is 28.7 Å². The van der Waals surface area contributed by atoms with E-state index in [-0.39, 0.29) is 12.1 Å². The van der Waals surface area contributed by atoms with Gasteiger partial charge in [0.2, 0.25) is 0 Å². The number of carbonyl (C=O) groups is 1. The van der Waals surface area contributed by atoms with Crippen molar-refractivity contribution in [3.05, 3.63) is 24.3 Å². The number of amides is 2. The summed E-state index contributed by atoms with van der Waals surface area (Å²) in [5.74, 6) is 0. The number of hydrogen-bond acceptors (Lipinski definition) is 4. The normalized spacial score (nSPS) is 22.9. The summed E-state index contributed by atoms with van der Waals surface area (Å²) in [5, 5.41) is 2.87. The molecular weight excluding hydrogens is 268 g/mol. The summed E-state index contributed by atoms with van der Waals surface area (Å²) < 4.78 is 5.84. The van der Waals surface area contributed by atoms with E-state index >= 15 is 0 Å². The quantitative estimate of drug-likeness (QED) is 0.915. The number of fused-ring (bicyclic) bond motifs is 1. The third-order valence-electron chi connectivity index (χ3n) is 4.28. The van der Waals surface area contributed by atoms with E-state index in [1.165, 1.54) is 0 Å². The molecule has 21 heavy (non-hydrogen) atoms. The van der Waals surface area contributed by atoms with Gasteiger partial charge in [-0.15, -0.1) is 0 Å². The average Bonchev–Trinajstić information content (AvgIpc) is 3.13. The molecule has 2 aliphatic heterocycles. The molecule has 2 aromatic rings. The van der Waals surface area contributed by atoms with Crippen LogP contribution < -0.4 is 10.2 Å². The van der Waals surface area contributed by atoms with E-state index < -0.39 is 0 Å². The van der Waals surface area contributed by atoms with Gasteiger partial charge in [-0.3, -0.25) is 0 Å². The largest absolute Gasteiger partial charge is 0.423 e. The fourth-order valence-corrected chi connectivity index (χ4v) is 3.21. The molecule has 0 spiro atoms. The van der Waals surface area contributed by atoms with Crippen LogP contribution in [0, 0.1) is 0 Å². The Morgan fingerprint density at radius 2 is 2.19 bits per heavy atom. The Balaban J connectivity index is 1.56. The molecule has 1 aromatic heterocycles. The van der Waals surface area contributed by atoms with E-state index in [1.54, 1.807) is 0 Å². The number of benzene rings is 1. The van der Waals surface area contributed by atoms with Crippen LogP contribution in [0.4, 0.5) is 10.8 Å². The lowest BCUT2D eigenvalue weighted by atomic mass is 10.1. The Kier molecular flexibility index (Phi) is 2.94. The number of urea groups is 1. The summed E-state index contributed by atoms with van der Waals surface area (Å²) in [6, 6.07) is 8.77. The van der Waals surface area contributed by atoms with Gasteiger partial charge in [0.15, 0.2) is 5.58 Å². The van der Waals surface area contributed by atoms with Crippen molar-refractivity contribution >= 4 is 23.1 Å². The molecule has 3 heterocycles. The van der Waals surface area contributed by atoms with Crippen molar-refractivity contribution in [3.63, 3.8) is 0 Å². The Bertz CT molecular complexity index is 635. The van der Waals surface area contributed by atoms with Crippen LogP contribution in [-0.2, 0) is 0 Å². The van der Waals surface area contributed by atoms with Crippen LogP contribution in [0.5, 0.6) is 0 Å². The monoisotopic (exact) mass is 286 g/mol. The molecule has 6 heteroatoms. The Labute approximate surface area is 122 Å². The minimum atomic E-state index is 0.0550. The van der Waals surface area contributed by atoms with Crippen LogP contribution >= 0.6 is 0 Å². The lowest BCUT2D eigenvalue weighted by Crippen LogP contribution is -2.49. The summed E-state index contributed by atoms with van der Waals surface area (Å²) in [6.45, 7) is 3.27. The number of nitrogens with one attached hydrogen (secondary N) is 1. The van der Waals surface area contributed by atoms with Crippen LogP contribution in [0.2, 0.25) is 0 Å². The number of nitrogens with zero attached hydrogens (tertiary/aromatic N) is 3. The predicted molar refractivity (Wildman–Crippen MR) is 79.3 cm³/mol. The van der Waals surface area contributed by atoms with Crippen molar-refractivity contribution in [1.82, 2.24) is 15.2 Å². The average molecular weight is 286 g/mol. The smallest absolute Gasteiger partial charge is 0.317 e. The molecule has 1 aromatic carbocycles. The Morgan fingerprint density at radius 3 is 3.00 bits per heavy atom. The van der Waals surface area contributed by atoms with Gasteiger partial charge in [0.25, 0.3) is 6.01 Å². The summed E-state index contributed by atoms with van der Waals surface area (Å²) in [6.07, 6.45) is 2.09. The minimum Gasteiger partial charge on any atom is -0.423 e. The standard InChI is InChI=1S/C15H18N4O2/c20-14-16-7-9-19(14)11-4-3-8-18(10-11)15-17-12-5-1-2-6-13(12)21-15/h1-2,5-6,11H,3-4,7-10H2,(H,16,20)/t11-/m0/s1. The number of aromatic nitrogens is 1. The molecule has 0 aliphatic carbocycles. The topological polar surface area (TPSA) is 61.6 Å². The van der Waals surface area contributed by atoms with E-state index in [1.807, 2.05) is 29.2 Å². The highest BCUT2D eigenvalue weighted by Crippen LogP contribution is 2.26. The highest BCUT2D eigenvalue weighted by Gasteiger charge is 2.32. The van der Waals surface area contributed by atoms with Gasteiger partial charge in [0.05, 0.1) is 6.04 Å². The van der Waals surface area contributed by atoms with Crippen molar-refractivity contribution < 1.29 is 9.21 Å². The predicted octanol–water partition coefficient (Wildman–Crippen LogP) is 1.82. The summed E-state index contributed by atoms with van der Waals surface area (Å²) >= 11 is 0. The molecule has 0 unspecified atom stereocenters. The van der Waals surface area contributed by atoms with Gasteiger partial charge in [0.1, 0.15) is 5.52 Å². The maximum absolute atomic E-state index is 11.8. The Hall–Kier alpha value is -2.24. The molecule has 2 aliphatic rings. The summed E-state index contributed by atoms with van der Waals surface area (Å²) in [5.41, 5.74) is 1.70. The van der Waals surface area contributed by atoms with Gasteiger partial charge in [-0.05, 0) is 25.0 Å². The molecule has 0 radical (unpaired) electrons. The van der Waals surface area contributed by atoms with E-state index in [2.05, 4.69) is 15.2 Å². The Morgan fingerprint density at radius 1 is 1.29 bits per heavy atom. The molecule has 2 saturated heterocycles. The van der Waals surface area contributed by atoms with Crippen molar-refractivity contribution in [2.45, 2.75) is 18.9 Å². The number of rotatable bonds is 2. The SMILES string of the molecule is O=C1NCCN1[C@H]1CCCN(c2nc3ccccc3o2)C1. The van der Waals surface area contributed by atoms with Crippen LogP contribution in [-0.4, -0.2) is 48.1 Å². The molecule has 4 rings (SSSR count). The molecule has 0 bridgehead atoms. The van der Waals surface area contributed by atoms with Crippen LogP contribution in [0.1, 0.15) is 12.8 Å². The summed E-state index contributed by atoms with van der Waals surface area (Å²) in [4.78, 5) is 20.5. The summed E-state index contributed by atoms with van der Waals surface area (Å²) in [7, 11) is 0. The first-order valence-corrected chi connectivity index (χ1v) is 7.46. The fraction of sp³-hybridized carbons (Fsp3) is 0.467. The molecule has 1 N–H and O–H groups in total. The first-order valence-electron chi connectivity index (χ1n) is 7.46. The molecule has 110 valence electrons. The number of oxazole rings is 1. The fourth-order valence-electron chi connectivity index (χ4n) is 3.21. The lowest BCUT2D eigenvalue weighted by molar-refractivity contribution is 0.188. The van der Waals surface area contributed by atoms with E-state index in [0.29, 0.717) is 6.01 Å². The molecule has 2 fully saturated rings. The molecule has 2 amide bonds. The second-order valence-corrected chi connectivity index (χ2v) is 5.63. The van der Waals surface area contributed by atoms with Gasteiger partial charge in [-0.2, -0.15) is 4.98 Å². The first-order chi connectivity index (χ1) is 10.3. The lowest BCUT2D eigenvalue weighted by Gasteiger charge is -2.36. The van der Waals surface area contributed by atoms with Crippen molar-refractivity contribution in [2.75, 3.05) is 31.1 Å². The van der Waals surface area contributed by atoms with Crippen molar-refractivity contribution in [1.29, 1.82) is 0 Å². The number of anilines is 1. The third-order valence-corrected chi connectivity index (χ3v) is 4.28. The zero-order chi connectivity index (χ0) is 14.2. The highest BCUT2D eigenvalue weighted by molar-refractivity contribution is 5.77. The second kappa shape index (κ2) is 4.95. The molecule has 1 atom stereocenters. The molecule has 0 saturated carbocycles. The van der Waals surface area contributed by atoms with Gasteiger partial charge < -0.3 is 19.5 Å². The second-order valence-electron chi connectivity index (χ2n) is 5.63. The van der Waals surface area contributed by atoms with Crippen molar-refractivity contribution in [3.8, 4) is 0 Å². The molecule has 6 nitrogen and oxygen atoms in total. The number of piperidine rings is 1. The van der Waals surface area contributed by atoms with E-state index in [9.17, 15) is 4.79 Å². The zero-order valence-corrected chi connectivity index (χ0v) is 11.8. The number of para-hydroxylation sites is 2.